The van der Waals surface area contributed by atoms with Crippen LogP contribution in [0.3, 0.4) is 0 Å². The van der Waals surface area contributed by atoms with Crippen LogP contribution < -0.4 is 4.74 Å². The predicted molar refractivity (Wildman–Crippen MR) is 77.1 cm³/mol. The van der Waals surface area contributed by atoms with Gasteiger partial charge in [0.2, 0.25) is 0 Å². The van der Waals surface area contributed by atoms with Crippen LogP contribution in [0.1, 0.15) is 56.9 Å². The molecule has 0 N–H and O–H groups in total. The minimum Gasteiger partial charge on any atom is -0.497 e. The van der Waals surface area contributed by atoms with Crippen molar-refractivity contribution in [2.45, 2.75) is 57.8 Å². The highest BCUT2D eigenvalue weighted by Gasteiger charge is 2.12. The van der Waals surface area contributed by atoms with Crippen LogP contribution in [-0.2, 0) is 6.42 Å². The summed E-state index contributed by atoms with van der Waals surface area (Å²) in [6, 6.07) is 8.49. The first kappa shape index (κ1) is 13.5. The molecular weight excluding hydrogens is 220 g/mol. The van der Waals surface area contributed by atoms with Gasteiger partial charge in [0.1, 0.15) is 5.75 Å². The van der Waals surface area contributed by atoms with Crippen LogP contribution in [0, 0.1) is 5.92 Å². The summed E-state index contributed by atoms with van der Waals surface area (Å²) in [4.78, 5) is 0. The van der Waals surface area contributed by atoms with Gasteiger partial charge in [-0.05, 0) is 36.5 Å². The maximum absolute atomic E-state index is 5.26. The number of methoxy groups -OCH3 is 1. The molecule has 0 aliphatic heterocycles. The first-order valence-electron chi connectivity index (χ1n) is 7.51. The van der Waals surface area contributed by atoms with E-state index < -0.39 is 0 Å². The third-order valence-corrected chi connectivity index (χ3v) is 4.19. The quantitative estimate of drug-likeness (QED) is 0.643. The summed E-state index contributed by atoms with van der Waals surface area (Å²) < 4.78 is 5.26. The molecule has 0 amide bonds. The SMILES string of the molecule is COc1cccc(CCCCC2CCCCC2)c1. The lowest BCUT2D eigenvalue weighted by atomic mass is 9.85. The normalized spacial score (nSPS) is 16.7. The number of hydrogen-bond acceptors (Lipinski definition) is 1. The zero-order chi connectivity index (χ0) is 12.6. The third kappa shape index (κ3) is 4.36. The van der Waals surface area contributed by atoms with Crippen LogP contribution >= 0.6 is 0 Å². The number of unbranched alkanes of at least 4 members (excludes halogenated alkanes) is 1. The number of aryl methyl sites for hydroxylation is 1. The van der Waals surface area contributed by atoms with E-state index in [1.54, 1.807) is 7.11 Å². The molecule has 1 aromatic rings. The lowest BCUT2D eigenvalue weighted by Crippen LogP contribution is -2.05. The van der Waals surface area contributed by atoms with E-state index in [0.717, 1.165) is 11.7 Å². The number of rotatable bonds is 6. The lowest BCUT2D eigenvalue weighted by Gasteiger charge is -2.21. The molecule has 0 heterocycles. The highest BCUT2D eigenvalue weighted by atomic mass is 16.5. The van der Waals surface area contributed by atoms with E-state index >= 15 is 0 Å². The minimum absolute atomic E-state index is 0.986. The van der Waals surface area contributed by atoms with Crippen molar-refractivity contribution in [2.75, 3.05) is 7.11 Å². The highest BCUT2D eigenvalue weighted by Crippen LogP contribution is 2.28. The average Bonchev–Trinajstić information content (AvgIpc) is 2.45. The topological polar surface area (TPSA) is 9.23 Å². The van der Waals surface area contributed by atoms with Gasteiger partial charge in [0.15, 0.2) is 0 Å². The Morgan fingerprint density at radius 1 is 1.11 bits per heavy atom. The first-order valence-corrected chi connectivity index (χ1v) is 7.51. The van der Waals surface area contributed by atoms with Gasteiger partial charge in [0.05, 0.1) is 7.11 Å². The van der Waals surface area contributed by atoms with Crippen molar-refractivity contribution in [2.24, 2.45) is 5.92 Å². The summed E-state index contributed by atoms with van der Waals surface area (Å²) in [5, 5.41) is 0. The van der Waals surface area contributed by atoms with Crippen molar-refractivity contribution in [1.82, 2.24) is 0 Å². The Bertz CT molecular complexity index is 339. The second-order valence-corrected chi connectivity index (χ2v) is 5.60. The van der Waals surface area contributed by atoms with Gasteiger partial charge in [-0.15, -0.1) is 0 Å². The molecule has 1 aliphatic carbocycles. The van der Waals surface area contributed by atoms with Crippen LogP contribution in [0.4, 0.5) is 0 Å². The molecule has 1 saturated carbocycles. The molecule has 0 radical (unpaired) electrons. The fraction of sp³-hybridized carbons (Fsp3) is 0.647. The summed E-state index contributed by atoms with van der Waals surface area (Å²) in [5.41, 5.74) is 1.41. The second-order valence-electron chi connectivity index (χ2n) is 5.60. The lowest BCUT2D eigenvalue weighted by molar-refractivity contribution is 0.330. The Kier molecular flexibility index (Phi) is 5.57. The van der Waals surface area contributed by atoms with E-state index in [1.807, 2.05) is 6.07 Å². The molecule has 0 atom stereocenters. The molecule has 1 heteroatoms. The Hall–Kier alpha value is -0.980. The van der Waals surface area contributed by atoms with Crippen LogP contribution in [0.15, 0.2) is 24.3 Å². The second kappa shape index (κ2) is 7.45. The highest BCUT2D eigenvalue weighted by molar-refractivity contribution is 5.28. The molecular formula is C17H26O. The van der Waals surface area contributed by atoms with E-state index in [2.05, 4.69) is 18.2 Å². The summed E-state index contributed by atoms with van der Waals surface area (Å²) in [6.07, 6.45) is 12.7. The fourth-order valence-corrected chi connectivity index (χ4v) is 3.07. The van der Waals surface area contributed by atoms with Crippen molar-refractivity contribution < 1.29 is 4.74 Å². The van der Waals surface area contributed by atoms with Gasteiger partial charge in [-0.3, -0.25) is 0 Å². The number of hydrogen-bond donors (Lipinski definition) is 0. The summed E-state index contributed by atoms with van der Waals surface area (Å²) in [6.45, 7) is 0. The third-order valence-electron chi connectivity index (χ3n) is 4.19. The molecule has 0 bridgehead atoms. The number of benzene rings is 1. The van der Waals surface area contributed by atoms with Crippen molar-refractivity contribution in [3.63, 3.8) is 0 Å². The average molecular weight is 246 g/mol. The number of ether oxygens (including phenoxy) is 1. The van der Waals surface area contributed by atoms with Crippen LogP contribution in [-0.4, -0.2) is 7.11 Å². The fourth-order valence-electron chi connectivity index (χ4n) is 3.07. The molecule has 1 nitrogen and oxygen atoms in total. The Morgan fingerprint density at radius 2 is 1.94 bits per heavy atom. The van der Waals surface area contributed by atoms with Crippen molar-refractivity contribution in [1.29, 1.82) is 0 Å². The zero-order valence-corrected chi connectivity index (χ0v) is 11.7. The van der Waals surface area contributed by atoms with Crippen molar-refractivity contribution >= 4 is 0 Å². The molecule has 1 aliphatic rings. The Morgan fingerprint density at radius 3 is 2.72 bits per heavy atom. The molecule has 100 valence electrons. The molecule has 2 rings (SSSR count). The standard InChI is InChI=1S/C17H26O/c1-18-17-13-7-12-16(14-17)11-6-5-10-15-8-3-2-4-9-15/h7,12-15H,2-6,8-11H2,1H3. The molecule has 1 aromatic carbocycles. The van der Waals surface area contributed by atoms with Gasteiger partial charge in [-0.1, -0.05) is 57.1 Å². The van der Waals surface area contributed by atoms with E-state index in [1.165, 1.54) is 63.4 Å². The van der Waals surface area contributed by atoms with Gasteiger partial charge < -0.3 is 4.74 Å². The molecule has 0 spiro atoms. The molecule has 1 fully saturated rings. The summed E-state index contributed by atoms with van der Waals surface area (Å²) in [5.74, 6) is 2.02. The molecule has 0 saturated heterocycles. The van der Waals surface area contributed by atoms with Crippen LogP contribution in [0.2, 0.25) is 0 Å². The molecule has 18 heavy (non-hydrogen) atoms. The smallest absolute Gasteiger partial charge is 0.119 e. The van der Waals surface area contributed by atoms with Crippen LogP contribution in [0.5, 0.6) is 5.75 Å². The van der Waals surface area contributed by atoms with Gasteiger partial charge in [-0.25, -0.2) is 0 Å². The van der Waals surface area contributed by atoms with Gasteiger partial charge in [0, 0.05) is 0 Å². The van der Waals surface area contributed by atoms with Gasteiger partial charge in [-0.2, -0.15) is 0 Å². The zero-order valence-electron chi connectivity index (χ0n) is 11.7. The van der Waals surface area contributed by atoms with Crippen molar-refractivity contribution in [3.05, 3.63) is 29.8 Å². The summed E-state index contributed by atoms with van der Waals surface area (Å²) in [7, 11) is 1.74. The van der Waals surface area contributed by atoms with Crippen molar-refractivity contribution in [3.8, 4) is 5.75 Å². The largest absolute Gasteiger partial charge is 0.497 e. The maximum atomic E-state index is 5.26. The monoisotopic (exact) mass is 246 g/mol. The van der Waals surface area contributed by atoms with E-state index in [4.69, 9.17) is 4.74 Å². The van der Waals surface area contributed by atoms with Gasteiger partial charge in [0.25, 0.3) is 0 Å². The minimum atomic E-state index is 0.986. The molecule has 0 aromatic heterocycles. The van der Waals surface area contributed by atoms with E-state index in [-0.39, 0.29) is 0 Å². The van der Waals surface area contributed by atoms with E-state index in [9.17, 15) is 0 Å². The maximum Gasteiger partial charge on any atom is 0.119 e. The van der Waals surface area contributed by atoms with Crippen LogP contribution in [0.25, 0.3) is 0 Å². The Balaban J connectivity index is 1.65. The van der Waals surface area contributed by atoms with Gasteiger partial charge >= 0.3 is 0 Å². The first-order chi connectivity index (χ1) is 8.88. The van der Waals surface area contributed by atoms with E-state index in [0.29, 0.717) is 0 Å². The predicted octanol–water partition coefficient (Wildman–Crippen LogP) is 4.99. The summed E-state index contributed by atoms with van der Waals surface area (Å²) >= 11 is 0. The Labute approximate surface area is 112 Å². The molecule has 0 unspecified atom stereocenters.